The van der Waals surface area contributed by atoms with Gasteiger partial charge in [0, 0.05) is 18.7 Å². The monoisotopic (exact) mass is 246 g/mol. The van der Waals surface area contributed by atoms with Crippen molar-refractivity contribution in [3.05, 3.63) is 29.6 Å². The molecule has 0 aliphatic carbocycles. The minimum Gasteiger partial charge on any atom is -0.317 e. The lowest BCUT2D eigenvalue weighted by molar-refractivity contribution is -0.138. The van der Waals surface area contributed by atoms with E-state index in [0.29, 0.717) is 6.42 Å². The van der Waals surface area contributed by atoms with Crippen LogP contribution in [0.1, 0.15) is 31.0 Å². The summed E-state index contributed by atoms with van der Waals surface area (Å²) in [5.41, 5.74) is -0.510. The Balaban J connectivity index is 2.90. The van der Waals surface area contributed by atoms with Gasteiger partial charge in [0.2, 0.25) is 0 Å². The van der Waals surface area contributed by atoms with Crippen LogP contribution in [0, 0.1) is 0 Å². The van der Waals surface area contributed by atoms with Crippen molar-refractivity contribution >= 4 is 0 Å². The van der Waals surface area contributed by atoms with E-state index < -0.39 is 11.7 Å². The molecule has 0 saturated carbocycles. The highest BCUT2D eigenvalue weighted by Gasteiger charge is 2.34. The van der Waals surface area contributed by atoms with Gasteiger partial charge in [-0.1, -0.05) is 13.3 Å². The fraction of sp³-hybridized carbons (Fsp3) is 0.583. The first-order valence-corrected chi connectivity index (χ1v) is 5.67. The molecule has 0 bridgehead atoms. The Bertz CT molecular complexity index is 350. The Morgan fingerprint density at radius 2 is 2.12 bits per heavy atom. The number of alkyl halides is 3. The van der Waals surface area contributed by atoms with Gasteiger partial charge in [-0.2, -0.15) is 13.2 Å². The summed E-state index contributed by atoms with van der Waals surface area (Å²) in [5.74, 6) is 0. The number of hydrogen-bond acceptors (Lipinski definition) is 2. The molecule has 0 spiro atoms. The summed E-state index contributed by atoms with van der Waals surface area (Å²) >= 11 is 0. The first kappa shape index (κ1) is 14.0. The molecule has 1 rings (SSSR count). The Kier molecular flexibility index (Phi) is 4.93. The van der Waals surface area contributed by atoms with Crippen LogP contribution in [-0.4, -0.2) is 18.1 Å². The van der Waals surface area contributed by atoms with Crippen molar-refractivity contribution in [3.8, 4) is 0 Å². The SMILES string of the molecule is CCCC(Cc1ncccc1C(F)(F)F)NC. The van der Waals surface area contributed by atoms with Crippen molar-refractivity contribution in [3.63, 3.8) is 0 Å². The third kappa shape index (κ3) is 4.00. The second kappa shape index (κ2) is 6.00. The maximum Gasteiger partial charge on any atom is 0.418 e. The second-order valence-corrected chi connectivity index (χ2v) is 3.97. The minimum atomic E-state index is -4.33. The molecule has 1 N–H and O–H groups in total. The van der Waals surface area contributed by atoms with Crippen molar-refractivity contribution in [1.29, 1.82) is 0 Å². The lowest BCUT2D eigenvalue weighted by atomic mass is 10.0. The number of rotatable bonds is 5. The average Bonchev–Trinajstić information content (AvgIpc) is 2.27. The van der Waals surface area contributed by atoms with E-state index >= 15 is 0 Å². The molecule has 0 aromatic carbocycles. The van der Waals surface area contributed by atoms with Gasteiger partial charge in [-0.15, -0.1) is 0 Å². The van der Waals surface area contributed by atoms with Gasteiger partial charge in [-0.05, 0) is 25.6 Å². The summed E-state index contributed by atoms with van der Waals surface area (Å²) < 4.78 is 38.2. The van der Waals surface area contributed by atoms with Crippen LogP contribution in [0.3, 0.4) is 0 Å². The first-order valence-electron chi connectivity index (χ1n) is 5.67. The van der Waals surface area contributed by atoms with Crippen LogP contribution >= 0.6 is 0 Å². The largest absolute Gasteiger partial charge is 0.418 e. The molecule has 1 aromatic rings. The molecule has 0 aliphatic heterocycles. The highest BCUT2D eigenvalue weighted by molar-refractivity contribution is 5.23. The number of likely N-dealkylation sites (N-methyl/N-ethyl adjacent to an activating group) is 1. The van der Waals surface area contributed by atoms with Crippen LogP contribution in [-0.2, 0) is 12.6 Å². The van der Waals surface area contributed by atoms with Crippen LogP contribution in [0.4, 0.5) is 13.2 Å². The molecule has 0 saturated heterocycles. The number of halogens is 3. The van der Waals surface area contributed by atoms with E-state index in [2.05, 4.69) is 10.3 Å². The molecule has 96 valence electrons. The predicted octanol–water partition coefficient (Wildman–Crippen LogP) is 3.03. The fourth-order valence-corrected chi connectivity index (χ4v) is 1.79. The molecule has 1 atom stereocenters. The quantitative estimate of drug-likeness (QED) is 0.863. The fourth-order valence-electron chi connectivity index (χ4n) is 1.79. The molecule has 0 aliphatic rings. The molecule has 0 radical (unpaired) electrons. The van der Waals surface area contributed by atoms with E-state index in [1.807, 2.05) is 6.92 Å². The minimum absolute atomic E-state index is 0.0380. The van der Waals surface area contributed by atoms with Crippen LogP contribution < -0.4 is 5.32 Å². The van der Waals surface area contributed by atoms with Gasteiger partial charge in [0.1, 0.15) is 0 Å². The molecule has 1 unspecified atom stereocenters. The summed E-state index contributed by atoms with van der Waals surface area (Å²) in [4.78, 5) is 3.86. The number of aromatic nitrogens is 1. The van der Waals surface area contributed by atoms with Crippen molar-refractivity contribution in [2.45, 2.75) is 38.4 Å². The van der Waals surface area contributed by atoms with Crippen LogP contribution in [0.5, 0.6) is 0 Å². The number of nitrogens with zero attached hydrogens (tertiary/aromatic N) is 1. The molecule has 5 heteroatoms. The summed E-state index contributed by atoms with van der Waals surface area (Å²) in [6, 6.07) is 2.44. The zero-order valence-electron chi connectivity index (χ0n) is 10.0. The standard InChI is InChI=1S/C12H17F3N2/c1-3-5-9(16-2)8-11-10(12(13,14)15)6-4-7-17-11/h4,6-7,9,16H,3,5,8H2,1-2H3. The summed E-state index contributed by atoms with van der Waals surface area (Å²) in [6.45, 7) is 2.01. The third-order valence-electron chi connectivity index (χ3n) is 2.68. The molecular weight excluding hydrogens is 229 g/mol. The summed E-state index contributed by atoms with van der Waals surface area (Å²) in [7, 11) is 1.76. The number of nitrogens with one attached hydrogen (secondary N) is 1. The lowest BCUT2D eigenvalue weighted by Crippen LogP contribution is -2.28. The Morgan fingerprint density at radius 1 is 1.41 bits per heavy atom. The van der Waals surface area contributed by atoms with E-state index in [-0.39, 0.29) is 11.7 Å². The molecule has 17 heavy (non-hydrogen) atoms. The van der Waals surface area contributed by atoms with Crippen molar-refractivity contribution in [2.24, 2.45) is 0 Å². The maximum absolute atomic E-state index is 12.7. The Morgan fingerprint density at radius 3 is 2.65 bits per heavy atom. The topological polar surface area (TPSA) is 24.9 Å². The van der Waals surface area contributed by atoms with Crippen molar-refractivity contribution in [1.82, 2.24) is 10.3 Å². The van der Waals surface area contributed by atoms with Gasteiger partial charge < -0.3 is 5.32 Å². The number of hydrogen-bond donors (Lipinski definition) is 1. The molecule has 1 aromatic heterocycles. The van der Waals surface area contributed by atoms with Gasteiger partial charge in [0.25, 0.3) is 0 Å². The molecule has 1 heterocycles. The smallest absolute Gasteiger partial charge is 0.317 e. The van der Waals surface area contributed by atoms with Crippen molar-refractivity contribution < 1.29 is 13.2 Å². The van der Waals surface area contributed by atoms with Crippen LogP contribution in [0.2, 0.25) is 0 Å². The van der Waals surface area contributed by atoms with E-state index in [1.165, 1.54) is 12.3 Å². The maximum atomic E-state index is 12.7. The number of pyridine rings is 1. The molecule has 2 nitrogen and oxygen atoms in total. The molecule has 0 fully saturated rings. The highest BCUT2D eigenvalue weighted by Crippen LogP contribution is 2.31. The first-order chi connectivity index (χ1) is 7.99. The molecule has 0 amide bonds. The van der Waals surface area contributed by atoms with E-state index in [4.69, 9.17) is 0 Å². The zero-order chi connectivity index (χ0) is 12.9. The summed E-state index contributed by atoms with van der Waals surface area (Å²) in [6.07, 6.45) is -0.846. The van der Waals surface area contributed by atoms with E-state index in [1.54, 1.807) is 7.05 Å². The summed E-state index contributed by atoms with van der Waals surface area (Å²) in [5, 5.41) is 3.02. The zero-order valence-corrected chi connectivity index (χ0v) is 10.0. The van der Waals surface area contributed by atoms with Crippen LogP contribution in [0.15, 0.2) is 18.3 Å². The van der Waals surface area contributed by atoms with Gasteiger partial charge in [0.15, 0.2) is 0 Å². The van der Waals surface area contributed by atoms with Gasteiger partial charge in [-0.25, -0.2) is 0 Å². The van der Waals surface area contributed by atoms with Crippen molar-refractivity contribution in [2.75, 3.05) is 7.05 Å². The van der Waals surface area contributed by atoms with Gasteiger partial charge in [-0.3, -0.25) is 4.98 Å². The van der Waals surface area contributed by atoms with Gasteiger partial charge in [0.05, 0.1) is 11.3 Å². The highest BCUT2D eigenvalue weighted by atomic mass is 19.4. The Hall–Kier alpha value is -1.10. The predicted molar refractivity (Wildman–Crippen MR) is 60.7 cm³/mol. The lowest BCUT2D eigenvalue weighted by Gasteiger charge is -2.17. The molecular formula is C12H17F3N2. The third-order valence-corrected chi connectivity index (χ3v) is 2.68. The second-order valence-electron chi connectivity index (χ2n) is 3.97. The van der Waals surface area contributed by atoms with E-state index in [9.17, 15) is 13.2 Å². The van der Waals surface area contributed by atoms with Gasteiger partial charge >= 0.3 is 6.18 Å². The van der Waals surface area contributed by atoms with E-state index in [0.717, 1.165) is 18.9 Å². The normalized spacial score (nSPS) is 13.7. The Labute approximate surface area is 99.3 Å². The average molecular weight is 246 g/mol. The van der Waals surface area contributed by atoms with Crippen LogP contribution in [0.25, 0.3) is 0 Å².